The van der Waals surface area contributed by atoms with Crippen molar-refractivity contribution in [2.24, 2.45) is 0 Å². The van der Waals surface area contributed by atoms with E-state index in [1.807, 2.05) is 24.3 Å². The smallest absolute Gasteiger partial charge is 0.658 e. The van der Waals surface area contributed by atoms with E-state index in [1.54, 1.807) is 13.1 Å². The Hall–Kier alpha value is 0.260. The third kappa shape index (κ3) is 37.9. The molecule has 0 aliphatic carbocycles. The Balaban J connectivity index is -0.000000156. The number of rotatable bonds is 7. The third-order valence-electron chi connectivity index (χ3n) is 3.14. The van der Waals surface area contributed by atoms with Crippen molar-refractivity contribution in [3.63, 3.8) is 0 Å². The summed E-state index contributed by atoms with van der Waals surface area (Å²) >= 11 is 0. The zero-order valence-corrected chi connectivity index (χ0v) is 26.5. The largest absolute Gasteiger partial charge is 4.00 e. The van der Waals surface area contributed by atoms with Gasteiger partial charge in [0.25, 0.3) is 0 Å². The molecule has 0 aliphatic heterocycles. The van der Waals surface area contributed by atoms with Crippen molar-refractivity contribution in [3.8, 4) is 0 Å². The van der Waals surface area contributed by atoms with E-state index in [1.165, 1.54) is 0 Å². The summed E-state index contributed by atoms with van der Waals surface area (Å²) in [6.45, 7) is 28.6. The molecule has 0 amide bonds. The number of halogens is 1. The molecule has 0 fully saturated rings. The summed E-state index contributed by atoms with van der Waals surface area (Å²) in [5.41, 5.74) is 0. The quantitative estimate of drug-likeness (QED) is 0.192. The fourth-order valence-corrected chi connectivity index (χ4v) is 3.54. The first-order chi connectivity index (χ1) is 13.5. The maximum atomic E-state index is 13.1. The van der Waals surface area contributed by atoms with Crippen LogP contribution in [0.2, 0.25) is 13.1 Å². The van der Waals surface area contributed by atoms with Gasteiger partial charge in [-0.3, -0.25) is 0 Å². The van der Waals surface area contributed by atoms with E-state index < -0.39 is 8.41 Å². The summed E-state index contributed by atoms with van der Waals surface area (Å²) < 4.78 is 13.1. The molecule has 1 aromatic carbocycles. The molecule has 1 rings (SSSR count). The van der Waals surface area contributed by atoms with Gasteiger partial charge < -0.3 is 20.1 Å². The summed E-state index contributed by atoms with van der Waals surface area (Å²) in [4.78, 5) is 0. The van der Waals surface area contributed by atoms with Crippen LogP contribution < -0.4 is 5.19 Å². The SMILES string of the molecule is CC(C)[N-]C(C)C.CC(C)[N-]C(C)C.CC(C)[N-]C(C)C.C[Si](C)(F)[c-]1cccc1.[Zr+4]. The van der Waals surface area contributed by atoms with Gasteiger partial charge in [-0.05, 0) is 13.1 Å². The Kier molecular flexibility index (Phi) is 27.4. The molecule has 6 heteroatoms. The monoisotopic (exact) mass is 531 g/mol. The Bertz CT molecular complexity index is 403. The normalized spacial score (nSPS) is 11.0. The van der Waals surface area contributed by atoms with E-state index in [2.05, 4.69) is 99.0 Å². The minimum Gasteiger partial charge on any atom is -0.658 e. The minimum absolute atomic E-state index is 0. The molecule has 0 aliphatic rings. The molecule has 182 valence electrons. The van der Waals surface area contributed by atoms with Gasteiger partial charge in [0.2, 0.25) is 8.41 Å². The van der Waals surface area contributed by atoms with E-state index >= 15 is 0 Å². The summed E-state index contributed by atoms with van der Waals surface area (Å²) in [5, 5.41) is 13.7. The van der Waals surface area contributed by atoms with Gasteiger partial charge in [0.1, 0.15) is 0 Å². The van der Waals surface area contributed by atoms with E-state index in [9.17, 15) is 4.11 Å². The maximum absolute atomic E-state index is 13.1. The Labute approximate surface area is 215 Å². The first-order valence-electron chi connectivity index (χ1n) is 11.5. The summed E-state index contributed by atoms with van der Waals surface area (Å²) in [6.07, 6.45) is 0. The molecule has 0 aromatic heterocycles. The van der Waals surface area contributed by atoms with Crippen molar-refractivity contribution < 1.29 is 30.3 Å². The van der Waals surface area contributed by atoms with E-state index in [0.29, 0.717) is 36.3 Å². The zero-order chi connectivity index (χ0) is 24.5. The van der Waals surface area contributed by atoms with Gasteiger partial charge in [0, 0.05) is 0 Å². The molecular weight excluding hydrogens is 481 g/mol. The molecule has 0 saturated heterocycles. The molecule has 0 saturated carbocycles. The van der Waals surface area contributed by atoms with Gasteiger partial charge in [0.15, 0.2) is 0 Å². The van der Waals surface area contributed by atoms with Gasteiger partial charge in [-0.1, -0.05) is 83.1 Å². The summed E-state index contributed by atoms with van der Waals surface area (Å²) in [7, 11) is -2.48. The molecule has 0 atom stereocenters. The Morgan fingerprint density at radius 2 is 0.742 bits per heavy atom. The number of hydrogen-bond acceptors (Lipinski definition) is 0. The first kappa shape index (κ1) is 38.5. The van der Waals surface area contributed by atoms with Gasteiger partial charge in [-0.2, -0.15) is 12.1 Å². The topological polar surface area (TPSA) is 42.3 Å². The van der Waals surface area contributed by atoms with Crippen LogP contribution in [-0.2, 0) is 26.2 Å². The standard InChI is InChI=1S/C7H10FSi.3C6H14N.Zr/c1-9(2,8)7-5-3-4-6-7;3*1-5(2)7-6(3)4;/h3-6H,1-2H3;3*5-6H,1-4H3;/q4*-1;+4. The molecule has 1 aromatic rings. The second kappa shape index (κ2) is 22.1. The summed E-state index contributed by atoms with van der Waals surface area (Å²) in [6, 6.07) is 10.5. The zero-order valence-electron chi connectivity index (χ0n) is 23.0. The second-order valence-electron chi connectivity index (χ2n) is 9.66. The maximum Gasteiger partial charge on any atom is 4.00 e. The molecule has 0 heterocycles. The Morgan fingerprint density at radius 1 is 0.548 bits per heavy atom. The molecule has 0 unspecified atom stereocenters. The third-order valence-corrected chi connectivity index (χ3v) is 4.84. The van der Waals surface area contributed by atoms with Crippen molar-refractivity contribution >= 4 is 13.6 Å². The number of hydrogen-bond donors (Lipinski definition) is 0. The van der Waals surface area contributed by atoms with Crippen LogP contribution in [0, 0.1) is 0 Å². The van der Waals surface area contributed by atoms with Crippen LogP contribution >= 0.6 is 0 Å². The second-order valence-corrected chi connectivity index (χ2v) is 13.2. The van der Waals surface area contributed by atoms with Gasteiger partial charge >= 0.3 is 26.2 Å². The molecule has 0 N–H and O–H groups in total. The summed E-state index contributed by atoms with van der Waals surface area (Å²) in [5.74, 6) is 0. The Morgan fingerprint density at radius 3 is 0.806 bits per heavy atom. The van der Waals surface area contributed by atoms with Crippen molar-refractivity contribution in [2.45, 2.75) is 132 Å². The van der Waals surface area contributed by atoms with Crippen molar-refractivity contribution in [2.75, 3.05) is 0 Å². The van der Waals surface area contributed by atoms with Gasteiger partial charge in [-0.15, -0.1) is 41.4 Å². The van der Waals surface area contributed by atoms with Crippen LogP contribution in [0.3, 0.4) is 0 Å². The molecule has 3 nitrogen and oxygen atoms in total. The van der Waals surface area contributed by atoms with E-state index in [-0.39, 0.29) is 26.2 Å². The average Bonchev–Trinajstić information content (AvgIpc) is 2.98. The fourth-order valence-electron chi connectivity index (χ4n) is 2.56. The molecule has 0 bridgehead atoms. The van der Waals surface area contributed by atoms with E-state index in [4.69, 9.17) is 0 Å². The van der Waals surface area contributed by atoms with Gasteiger partial charge in [-0.25, -0.2) is 12.1 Å². The van der Waals surface area contributed by atoms with Crippen LogP contribution in [0.5, 0.6) is 0 Å². The predicted molar refractivity (Wildman–Crippen MR) is 141 cm³/mol. The minimum atomic E-state index is -2.48. The van der Waals surface area contributed by atoms with Crippen LogP contribution in [0.1, 0.15) is 83.1 Å². The average molecular weight is 533 g/mol. The van der Waals surface area contributed by atoms with Crippen LogP contribution in [0.25, 0.3) is 16.0 Å². The first-order valence-corrected chi connectivity index (χ1v) is 14.4. The predicted octanol–water partition coefficient (Wildman–Crippen LogP) is 8.32. The fraction of sp³-hybridized carbons (Fsp3) is 0.800. The molecule has 31 heavy (non-hydrogen) atoms. The van der Waals surface area contributed by atoms with E-state index in [0.717, 1.165) is 5.19 Å². The van der Waals surface area contributed by atoms with Crippen LogP contribution in [-0.4, -0.2) is 44.7 Å². The van der Waals surface area contributed by atoms with Crippen molar-refractivity contribution in [1.29, 1.82) is 0 Å². The molecular formula is C25H52FN3SiZr. The van der Waals surface area contributed by atoms with Crippen LogP contribution in [0.4, 0.5) is 4.11 Å². The van der Waals surface area contributed by atoms with Crippen molar-refractivity contribution in [1.82, 2.24) is 0 Å². The van der Waals surface area contributed by atoms with Crippen molar-refractivity contribution in [3.05, 3.63) is 40.2 Å². The number of nitrogens with zero attached hydrogens (tertiary/aromatic N) is 3. The van der Waals surface area contributed by atoms with Crippen LogP contribution in [0.15, 0.2) is 24.3 Å². The van der Waals surface area contributed by atoms with Gasteiger partial charge in [0.05, 0.1) is 0 Å². The molecule has 0 spiro atoms. The molecule has 0 radical (unpaired) electrons.